The molecule has 1 N–H and O–H groups in total. The highest BCUT2D eigenvalue weighted by Gasteiger charge is 2.21. The molecule has 1 fully saturated rings. The summed E-state index contributed by atoms with van der Waals surface area (Å²) in [5, 5.41) is 2.80. The van der Waals surface area contributed by atoms with Gasteiger partial charge in [0.25, 0.3) is 5.24 Å². The van der Waals surface area contributed by atoms with E-state index in [9.17, 15) is 14.0 Å². The number of hydrogen-bond donors (Lipinski definition) is 1. The standard InChI is InChI=1S/C13H15FN2O2S/c14-11-3-1-10(2-4-11)9-15-12(17)5-6-16-7-8-19-13(16)18/h1-4H,5-9H2,(H,15,17). The quantitative estimate of drug-likeness (QED) is 0.898. The van der Waals surface area contributed by atoms with Crippen molar-refractivity contribution in [1.82, 2.24) is 10.2 Å². The molecular formula is C13H15FN2O2S. The molecule has 6 heteroatoms. The normalized spacial score (nSPS) is 14.8. The van der Waals surface area contributed by atoms with Crippen LogP contribution in [-0.4, -0.2) is 34.9 Å². The van der Waals surface area contributed by atoms with Crippen LogP contribution in [0.5, 0.6) is 0 Å². The highest BCUT2D eigenvalue weighted by Crippen LogP contribution is 2.16. The van der Waals surface area contributed by atoms with Crippen LogP contribution in [0.2, 0.25) is 0 Å². The second-order valence-electron chi connectivity index (χ2n) is 4.25. The van der Waals surface area contributed by atoms with Gasteiger partial charge in [0.1, 0.15) is 5.82 Å². The van der Waals surface area contributed by atoms with Gasteiger partial charge in [-0.1, -0.05) is 23.9 Å². The molecule has 0 aliphatic carbocycles. The van der Waals surface area contributed by atoms with E-state index in [4.69, 9.17) is 0 Å². The summed E-state index contributed by atoms with van der Waals surface area (Å²) in [7, 11) is 0. The van der Waals surface area contributed by atoms with E-state index in [1.54, 1.807) is 17.0 Å². The molecule has 19 heavy (non-hydrogen) atoms. The van der Waals surface area contributed by atoms with Gasteiger partial charge in [-0.2, -0.15) is 0 Å². The van der Waals surface area contributed by atoms with E-state index in [0.717, 1.165) is 17.9 Å². The number of carbonyl (C=O) groups is 2. The lowest BCUT2D eigenvalue weighted by Crippen LogP contribution is -2.30. The third-order valence-electron chi connectivity index (χ3n) is 2.86. The summed E-state index contributed by atoms with van der Waals surface area (Å²) in [6, 6.07) is 6.00. The van der Waals surface area contributed by atoms with Crippen LogP contribution in [0.1, 0.15) is 12.0 Å². The topological polar surface area (TPSA) is 49.4 Å². The lowest BCUT2D eigenvalue weighted by molar-refractivity contribution is -0.121. The van der Waals surface area contributed by atoms with E-state index < -0.39 is 0 Å². The molecule has 4 nitrogen and oxygen atoms in total. The predicted octanol–water partition coefficient (Wildman–Crippen LogP) is 2.00. The minimum atomic E-state index is -0.292. The lowest BCUT2D eigenvalue weighted by Gasteiger charge is -2.13. The van der Waals surface area contributed by atoms with Gasteiger partial charge in [0.05, 0.1) is 0 Å². The number of hydrogen-bond acceptors (Lipinski definition) is 3. The van der Waals surface area contributed by atoms with E-state index in [-0.39, 0.29) is 17.0 Å². The highest BCUT2D eigenvalue weighted by molar-refractivity contribution is 8.13. The maximum Gasteiger partial charge on any atom is 0.281 e. The van der Waals surface area contributed by atoms with Crippen LogP contribution in [0, 0.1) is 5.82 Å². The minimum absolute atomic E-state index is 0.0475. The average molecular weight is 282 g/mol. The van der Waals surface area contributed by atoms with Gasteiger partial charge in [0.15, 0.2) is 0 Å². The van der Waals surface area contributed by atoms with Gasteiger partial charge in [-0.3, -0.25) is 9.59 Å². The van der Waals surface area contributed by atoms with E-state index in [1.807, 2.05) is 0 Å². The molecule has 1 heterocycles. The van der Waals surface area contributed by atoms with Crippen molar-refractivity contribution in [2.45, 2.75) is 13.0 Å². The van der Waals surface area contributed by atoms with Crippen LogP contribution in [-0.2, 0) is 11.3 Å². The molecule has 2 amide bonds. The number of nitrogens with one attached hydrogen (secondary N) is 1. The molecule has 1 aliphatic rings. The second kappa shape index (κ2) is 6.56. The first kappa shape index (κ1) is 13.9. The first-order valence-corrected chi connectivity index (χ1v) is 7.06. The fourth-order valence-electron chi connectivity index (χ4n) is 1.76. The summed E-state index contributed by atoms with van der Waals surface area (Å²) in [6.45, 7) is 1.55. The number of nitrogens with zero attached hydrogens (tertiary/aromatic N) is 1. The molecule has 1 aromatic carbocycles. The number of rotatable bonds is 5. The van der Waals surface area contributed by atoms with E-state index >= 15 is 0 Å². The molecule has 0 saturated carbocycles. The van der Waals surface area contributed by atoms with Crippen LogP contribution < -0.4 is 5.32 Å². The van der Waals surface area contributed by atoms with Crippen molar-refractivity contribution in [3.05, 3.63) is 35.6 Å². The van der Waals surface area contributed by atoms with Gasteiger partial charge >= 0.3 is 0 Å². The van der Waals surface area contributed by atoms with Crippen molar-refractivity contribution >= 4 is 22.9 Å². The van der Waals surface area contributed by atoms with Crippen molar-refractivity contribution in [2.24, 2.45) is 0 Å². The highest BCUT2D eigenvalue weighted by atomic mass is 32.2. The van der Waals surface area contributed by atoms with Crippen molar-refractivity contribution in [2.75, 3.05) is 18.8 Å². The molecule has 1 aliphatic heterocycles. The van der Waals surface area contributed by atoms with Crippen LogP contribution in [0.4, 0.5) is 9.18 Å². The number of benzene rings is 1. The number of carbonyl (C=O) groups excluding carboxylic acids is 2. The zero-order valence-electron chi connectivity index (χ0n) is 10.4. The Kier molecular flexibility index (Phi) is 4.79. The van der Waals surface area contributed by atoms with Crippen molar-refractivity contribution in [3.8, 4) is 0 Å². The molecule has 2 rings (SSSR count). The summed E-state index contributed by atoms with van der Waals surface area (Å²) < 4.78 is 12.7. The molecule has 0 atom stereocenters. The van der Waals surface area contributed by atoms with E-state index in [0.29, 0.717) is 19.5 Å². The van der Waals surface area contributed by atoms with Gasteiger partial charge in [-0.15, -0.1) is 0 Å². The number of halogens is 1. The lowest BCUT2D eigenvalue weighted by atomic mass is 10.2. The molecule has 0 aromatic heterocycles. The van der Waals surface area contributed by atoms with E-state index in [1.165, 1.54) is 23.9 Å². The Hall–Kier alpha value is -1.56. The molecule has 1 aromatic rings. The monoisotopic (exact) mass is 282 g/mol. The zero-order valence-corrected chi connectivity index (χ0v) is 11.2. The van der Waals surface area contributed by atoms with Crippen molar-refractivity contribution in [1.29, 1.82) is 0 Å². The maximum atomic E-state index is 12.7. The van der Waals surface area contributed by atoms with E-state index in [2.05, 4.69) is 5.32 Å². The fourth-order valence-corrected chi connectivity index (χ4v) is 2.61. The molecular weight excluding hydrogens is 267 g/mol. The third kappa shape index (κ3) is 4.24. The summed E-state index contributed by atoms with van der Waals surface area (Å²) in [6.07, 6.45) is 0.299. The predicted molar refractivity (Wildman–Crippen MR) is 72.3 cm³/mol. The third-order valence-corrected chi connectivity index (χ3v) is 3.75. The zero-order chi connectivity index (χ0) is 13.7. The first-order chi connectivity index (χ1) is 9.15. The van der Waals surface area contributed by atoms with Crippen LogP contribution in [0.15, 0.2) is 24.3 Å². The molecule has 0 unspecified atom stereocenters. The van der Waals surface area contributed by atoms with Crippen molar-refractivity contribution < 1.29 is 14.0 Å². The van der Waals surface area contributed by atoms with Crippen LogP contribution in [0.25, 0.3) is 0 Å². The van der Waals surface area contributed by atoms with Crippen LogP contribution in [0.3, 0.4) is 0 Å². The minimum Gasteiger partial charge on any atom is -0.352 e. The average Bonchev–Trinajstić information content (AvgIpc) is 2.81. The van der Waals surface area contributed by atoms with Crippen molar-refractivity contribution in [3.63, 3.8) is 0 Å². The van der Waals surface area contributed by atoms with Gasteiger partial charge in [-0.25, -0.2) is 4.39 Å². The van der Waals surface area contributed by atoms with Gasteiger partial charge in [0.2, 0.25) is 5.91 Å². The Morgan fingerprint density at radius 1 is 1.37 bits per heavy atom. The number of thioether (sulfide) groups is 1. The Morgan fingerprint density at radius 2 is 2.11 bits per heavy atom. The summed E-state index contributed by atoms with van der Waals surface area (Å²) in [5.41, 5.74) is 0.850. The van der Waals surface area contributed by atoms with Gasteiger partial charge < -0.3 is 10.2 Å². The summed E-state index contributed by atoms with van der Waals surface area (Å²) >= 11 is 1.29. The SMILES string of the molecule is O=C(CCN1CCSC1=O)NCc1ccc(F)cc1. The first-order valence-electron chi connectivity index (χ1n) is 6.08. The Bertz CT molecular complexity index is 464. The Balaban J connectivity index is 1.69. The molecule has 1 saturated heterocycles. The molecule has 0 radical (unpaired) electrons. The molecule has 0 bridgehead atoms. The molecule has 0 spiro atoms. The van der Waals surface area contributed by atoms with Crippen LogP contribution >= 0.6 is 11.8 Å². The second-order valence-corrected chi connectivity index (χ2v) is 5.30. The van der Waals surface area contributed by atoms with Gasteiger partial charge in [-0.05, 0) is 17.7 Å². The van der Waals surface area contributed by atoms with Gasteiger partial charge in [0, 0.05) is 31.8 Å². The summed E-state index contributed by atoms with van der Waals surface area (Å²) in [4.78, 5) is 24.6. The fraction of sp³-hybridized carbons (Fsp3) is 0.385. The molecule has 102 valence electrons. The Morgan fingerprint density at radius 3 is 2.74 bits per heavy atom. The smallest absolute Gasteiger partial charge is 0.281 e. The maximum absolute atomic E-state index is 12.7. The number of amides is 2. The Labute approximate surface area is 115 Å². The largest absolute Gasteiger partial charge is 0.352 e. The summed E-state index contributed by atoms with van der Waals surface area (Å²) in [5.74, 6) is 0.407.